The third-order valence-corrected chi connectivity index (χ3v) is 5.39. The number of aromatic amines is 1. The zero-order chi connectivity index (χ0) is 18.6. The Kier molecular flexibility index (Phi) is 3.75. The van der Waals surface area contributed by atoms with Crippen LogP contribution in [0.5, 0.6) is 0 Å². The number of H-pyrrole nitrogens is 1. The van der Waals surface area contributed by atoms with Gasteiger partial charge in [-0.15, -0.1) is 0 Å². The van der Waals surface area contributed by atoms with Gasteiger partial charge in [0.15, 0.2) is 6.23 Å². The summed E-state index contributed by atoms with van der Waals surface area (Å²) in [7, 11) is 0. The van der Waals surface area contributed by atoms with Crippen molar-refractivity contribution in [3.8, 4) is 6.07 Å². The Morgan fingerprint density at radius 3 is 2.73 bits per heavy atom. The first-order valence-electron chi connectivity index (χ1n) is 8.62. The molecule has 3 heterocycles. The summed E-state index contributed by atoms with van der Waals surface area (Å²) in [6, 6.07) is 8.09. The monoisotopic (exact) mass is 351 g/mol. The van der Waals surface area contributed by atoms with Crippen LogP contribution >= 0.6 is 0 Å². The minimum atomic E-state index is -0.440. The fraction of sp³-hybridized carbons (Fsp3) is 0.368. The molecule has 0 saturated carbocycles. The van der Waals surface area contributed by atoms with E-state index in [4.69, 9.17) is 10.5 Å². The first kappa shape index (κ1) is 16.6. The lowest BCUT2D eigenvalue weighted by Crippen LogP contribution is -2.42. The van der Waals surface area contributed by atoms with Gasteiger partial charge >= 0.3 is 0 Å². The Balaban J connectivity index is 1.97. The number of pyridine rings is 1. The molecule has 0 spiro atoms. The molecule has 0 radical (unpaired) electrons. The van der Waals surface area contributed by atoms with Crippen molar-refractivity contribution < 1.29 is 4.74 Å². The molecule has 2 aliphatic rings. The number of benzene rings is 1. The second-order valence-electron chi connectivity index (χ2n) is 7.16. The van der Waals surface area contributed by atoms with Crippen molar-refractivity contribution in [3.63, 3.8) is 0 Å². The van der Waals surface area contributed by atoms with Crippen LogP contribution in [0.15, 0.2) is 34.4 Å². The lowest BCUT2D eigenvalue weighted by molar-refractivity contribution is 0.0349. The number of aromatic nitrogens is 1. The first-order chi connectivity index (χ1) is 12.4. The standard InChI is InChI=1S/C19H21N5O2/c1-8-4-9(2)11-6-12(18(25)22-14(11)5-8)16-13(7-20)17(21)26-19-15(16)10(3)23-24-19/h4-6,10,15-16,19,23-24H,21H2,1-3H3,(H,22,25). The van der Waals surface area contributed by atoms with Crippen molar-refractivity contribution in [1.29, 1.82) is 5.26 Å². The largest absolute Gasteiger partial charge is 0.458 e. The number of rotatable bonds is 1. The molecule has 7 nitrogen and oxygen atoms in total. The Morgan fingerprint density at radius 2 is 2.00 bits per heavy atom. The van der Waals surface area contributed by atoms with Gasteiger partial charge in [-0.05, 0) is 44.0 Å². The van der Waals surface area contributed by atoms with Crippen molar-refractivity contribution >= 4 is 10.9 Å². The SMILES string of the molecule is Cc1cc(C)c2cc(C3C(C#N)=C(N)OC4NNC(C)C43)c(=O)[nH]c2c1. The molecule has 0 aliphatic carbocycles. The van der Waals surface area contributed by atoms with Crippen LogP contribution in [-0.2, 0) is 4.74 Å². The minimum Gasteiger partial charge on any atom is -0.458 e. The quantitative estimate of drug-likeness (QED) is 0.617. The number of nitrogens with zero attached hydrogens (tertiary/aromatic N) is 1. The van der Waals surface area contributed by atoms with Crippen LogP contribution in [0, 0.1) is 31.1 Å². The number of nitrogens with two attached hydrogens (primary N) is 1. The van der Waals surface area contributed by atoms with E-state index < -0.39 is 5.92 Å². The summed E-state index contributed by atoms with van der Waals surface area (Å²) in [5.41, 5.74) is 15.8. The predicted octanol–water partition coefficient (Wildman–Crippen LogP) is 1.39. The number of hydrogen-bond donors (Lipinski definition) is 4. The number of aryl methyl sites for hydroxylation is 2. The van der Waals surface area contributed by atoms with E-state index >= 15 is 0 Å². The summed E-state index contributed by atoms with van der Waals surface area (Å²) in [5, 5.41) is 10.6. The molecule has 1 aromatic carbocycles. The number of hydrogen-bond acceptors (Lipinski definition) is 6. The van der Waals surface area contributed by atoms with Crippen LogP contribution in [0.2, 0.25) is 0 Å². The summed E-state index contributed by atoms with van der Waals surface area (Å²) in [5.74, 6) is -0.492. The normalized spacial score (nSPS) is 27.9. The molecule has 4 atom stereocenters. The fourth-order valence-electron chi connectivity index (χ4n) is 4.19. The van der Waals surface area contributed by atoms with E-state index in [2.05, 4.69) is 28.0 Å². The zero-order valence-corrected chi connectivity index (χ0v) is 14.9. The molecule has 2 aliphatic heterocycles. The van der Waals surface area contributed by atoms with Gasteiger partial charge < -0.3 is 15.5 Å². The van der Waals surface area contributed by atoms with E-state index in [9.17, 15) is 10.1 Å². The molecule has 0 amide bonds. The van der Waals surface area contributed by atoms with Crippen molar-refractivity contribution in [3.05, 3.63) is 56.7 Å². The summed E-state index contributed by atoms with van der Waals surface area (Å²) in [6.45, 7) is 6.01. The third-order valence-electron chi connectivity index (χ3n) is 5.39. The van der Waals surface area contributed by atoms with Crippen LogP contribution in [0.25, 0.3) is 10.9 Å². The van der Waals surface area contributed by atoms with Gasteiger partial charge in [0.05, 0.1) is 5.57 Å². The number of nitrogens with one attached hydrogen (secondary N) is 3. The maximum absolute atomic E-state index is 12.9. The molecule has 134 valence electrons. The van der Waals surface area contributed by atoms with Gasteiger partial charge in [-0.1, -0.05) is 6.07 Å². The molecule has 4 rings (SSSR count). The summed E-state index contributed by atoms with van der Waals surface area (Å²) >= 11 is 0. The number of nitriles is 1. The van der Waals surface area contributed by atoms with E-state index in [1.807, 2.05) is 32.9 Å². The topological polar surface area (TPSA) is 116 Å². The molecule has 7 heteroatoms. The Morgan fingerprint density at radius 1 is 1.23 bits per heavy atom. The molecule has 4 unspecified atom stereocenters. The highest BCUT2D eigenvalue weighted by molar-refractivity contribution is 5.83. The smallest absolute Gasteiger partial charge is 0.252 e. The second-order valence-corrected chi connectivity index (χ2v) is 7.16. The molecule has 1 aromatic heterocycles. The van der Waals surface area contributed by atoms with Gasteiger partial charge in [0.1, 0.15) is 6.07 Å². The van der Waals surface area contributed by atoms with Crippen LogP contribution in [0.4, 0.5) is 0 Å². The maximum Gasteiger partial charge on any atom is 0.252 e. The summed E-state index contributed by atoms with van der Waals surface area (Å²) < 4.78 is 5.65. The lowest BCUT2D eigenvalue weighted by Gasteiger charge is -2.34. The van der Waals surface area contributed by atoms with Crippen LogP contribution in [0.1, 0.15) is 29.5 Å². The third kappa shape index (κ3) is 2.38. The minimum absolute atomic E-state index is 0.00987. The lowest BCUT2D eigenvalue weighted by atomic mass is 9.76. The number of ether oxygens (including phenoxy) is 1. The molecular formula is C19H21N5O2. The summed E-state index contributed by atoms with van der Waals surface area (Å²) in [4.78, 5) is 15.9. The number of hydrazine groups is 1. The number of fused-ring (bicyclic) bond motifs is 2. The molecule has 2 aromatic rings. The van der Waals surface area contributed by atoms with Crippen LogP contribution < -0.4 is 22.1 Å². The Labute approximate surface area is 150 Å². The zero-order valence-electron chi connectivity index (χ0n) is 14.9. The molecule has 5 N–H and O–H groups in total. The van der Waals surface area contributed by atoms with E-state index in [0.717, 1.165) is 22.0 Å². The molecule has 26 heavy (non-hydrogen) atoms. The second kappa shape index (κ2) is 5.87. The van der Waals surface area contributed by atoms with Gasteiger partial charge in [-0.3, -0.25) is 10.2 Å². The maximum atomic E-state index is 12.9. The predicted molar refractivity (Wildman–Crippen MR) is 97.7 cm³/mol. The first-order valence-corrected chi connectivity index (χ1v) is 8.62. The Hall–Kier alpha value is -2.82. The van der Waals surface area contributed by atoms with E-state index in [0.29, 0.717) is 11.1 Å². The van der Waals surface area contributed by atoms with Crippen molar-refractivity contribution in [2.45, 2.75) is 39.0 Å². The van der Waals surface area contributed by atoms with Crippen molar-refractivity contribution in [2.75, 3.05) is 0 Å². The van der Waals surface area contributed by atoms with Crippen LogP contribution in [-0.4, -0.2) is 17.3 Å². The average Bonchev–Trinajstić information content (AvgIpc) is 2.93. The highest BCUT2D eigenvalue weighted by atomic mass is 16.5. The van der Waals surface area contributed by atoms with Gasteiger partial charge in [0, 0.05) is 34.3 Å². The summed E-state index contributed by atoms with van der Waals surface area (Å²) in [6.07, 6.45) is -0.388. The van der Waals surface area contributed by atoms with E-state index in [-0.39, 0.29) is 29.6 Å². The number of allylic oxidation sites excluding steroid dienone is 1. The molecule has 0 bridgehead atoms. The Bertz CT molecular complexity index is 1030. The van der Waals surface area contributed by atoms with Gasteiger partial charge in [0.25, 0.3) is 5.56 Å². The van der Waals surface area contributed by atoms with Crippen molar-refractivity contribution in [1.82, 2.24) is 15.8 Å². The molecule has 1 fully saturated rings. The fourth-order valence-corrected chi connectivity index (χ4v) is 4.19. The highest BCUT2D eigenvalue weighted by Crippen LogP contribution is 2.42. The van der Waals surface area contributed by atoms with Crippen LogP contribution in [0.3, 0.4) is 0 Å². The van der Waals surface area contributed by atoms with Gasteiger partial charge in [-0.2, -0.15) is 5.26 Å². The average molecular weight is 351 g/mol. The van der Waals surface area contributed by atoms with E-state index in [1.165, 1.54) is 0 Å². The van der Waals surface area contributed by atoms with Gasteiger partial charge in [0.2, 0.25) is 5.88 Å². The molecular weight excluding hydrogens is 330 g/mol. The van der Waals surface area contributed by atoms with Gasteiger partial charge in [-0.25, -0.2) is 5.43 Å². The molecule has 1 saturated heterocycles. The van der Waals surface area contributed by atoms with E-state index in [1.54, 1.807) is 0 Å². The highest BCUT2D eigenvalue weighted by Gasteiger charge is 2.47. The van der Waals surface area contributed by atoms with Crippen molar-refractivity contribution in [2.24, 2.45) is 11.7 Å².